The van der Waals surface area contributed by atoms with Gasteiger partial charge in [0.05, 0.1) is 0 Å². The van der Waals surface area contributed by atoms with Gasteiger partial charge in [0.2, 0.25) is 5.95 Å². The largest absolute Gasteiger partial charge is 0.484 e. The van der Waals surface area contributed by atoms with Crippen molar-refractivity contribution >= 4 is 35.2 Å². The Labute approximate surface area is 179 Å². The summed E-state index contributed by atoms with van der Waals surface area (Å²) in [6.45, 7) is 6.49. The number of carbonyl (C=O) groups is 1. The number of thioether (sulfide) groups is 1. The van der Waals surface area contributed by atoms with Crippen LogP contribution in [0.15, 0.2) is 47.6 Å². The number of rotatable bonds is 8. The van der Waals surface area contributed by atoms with Gasteiger partial charge in [-0.2, -0.15) is 0 Å². The predicted molar refractivity (Wildman–Crippen MR) is 117 cm³/mol. The Hall–Kier alpha value is -2.51. The minimum Gasteiger partial charge on any atom is -0.484 e. The highest BCUT2D eigenvalue weighted by atomic mass is 35.5. The first-order valence-corrected chi connectivity index (χ1v) is 10.6. The number of carbonyl (C=O) groups excluding carboxylic acids is 1. The van der Waals surface area contributed by atoms with Crippen LogP contribution in [0.5, 0.6) is 5.75 Å². The Morgan fingerprint density at radius 3 is 2.59 bits per heavy atom. The van der Waals surface area contributed by atoms with Gasteiger partial charge in [-0.05, 0) is 55.7 Å². The summed E-state index contributed by atoms with van der Waals surface area (Å²) in [5.74, 6) is 1.46. The highest BCUT2D eigenvalue weighted by Crippen LogP contribution is 2.27. The van der Waals surface area contributed by atoms with Crippen molar-refractivity contribution in [3.8, 4) is 5.75 Å². The maximum absolute atomic E-state index is 12.3. The summed E-state index contributed by atoms with van der Waals surface area (Å²) in [7, 11) is 0. The lowest BCUT2D eigenvalue weighted by molar-refractivity contribution is -0.118. The molecule has 3 aromatic rings. The second-order valence-corrected chi connectivity index (χ2v) is 7.94. The molecule has 3 rings (SSSR count). The molecular weight excluding hydrogens is 408 g/mol. The summed E-state index contributed by atoms with van der Waals surface area (Å²) < 4.78 is 7.47. The molecule has 0 aliphatic carbocycles. The number of halogens is 1. The molecule has 1 heterocycles. The van der Waals surface area contributed by atoms with Crippen molar-refractivity contribution in [1.29, 1.82) is 0 Å². The van der Waals surface area contributed by atoms with E-state index < -0.39 is 0 Å². The third-order valence-corrected chi connectivity index (χ3v) is 5.55. The predicted octanol–water partition coefficient (Wildman–Crippen LogP) is 4.88. The molecule has 0 saturated heterocycles. The van der Waals surface area contributed by atoms with Crippen molar-refractivity contribution in [2.45, 2.75) is 38.2 Å². The maximum atomic E-state index is 12.3. The molecule has 6 nitrogen and oxygen atoms in total. The van der Waals surface area contributed by atoms with Crippen LogP contribution >= 0.6 is 23.4 Å². The molecule has 0 bridgehead atoms. The van der Waals surface area contributed by atoms with E-state index in [1.165, 1.54) is 11.8 Å². The Balaban J connectivity index is 1.60. The molecule has 0 spiro atoms. The Morgan fingerprint density at radius 2 is 1.90 bits per heavy atom. The normalized spacial score (nSPS) is 10.8. The second-order valence-electron chi connectivity index (χ2n) is 6.59. The minimum atomic E-state index is -0.283. The van der Waals surface area contributed by atoms with E-state index in [-0.39, 0.29) is 12.5 Å². The van der Waals surface area contributed by atoms with Crippen LogP contribution in [0.3, 0.4) is 0 Å². The van der Waals surface area contributed by atoms with E-state index in [1.807, 2.05) is 61.7 Å². The third kappa shape index (κ3) is 5.74. The zero-order valence-electron chi connectivity index (χ0n) is 16.6. The van der Waals surface area contributed by atoms with Crippen LogP contribution in [-0.2, 0) is 17.1 Å². The van der Waals surface area contributed by atoms with Crippen molar-refractivity contribution in [1.82, 2.24) is 14.8 Å². The SMILES string of the molecule is CCn1c(NC(=O)COc2cc(C)cc(C)c2)nnc1SCc1ccccc1Cl. The highest BCUT2D eigenvalue weighted by molar-refractivity contribution is 7.98. The molecule has 0 atom stereocenters. The fraction of sp³-hybridized carbons (Fsp3) is 0.286. The average Bonchev–Trinajstić information content (AvgIpc) is 3.06. The van der Waals surface area contributed by atoms with Crippen molar-refractivity contribution in [2.24, 2.45) is 0 Å². The molecule has 0 fully saturated rings. The monoisotopic (exact) mass is 430 g/mol. The molecule has 0 radical (unpaired) electrons. The number of aryl methyl sites for hydroxylation is 2. The first-order chi connectivity index (χ1) is 14.0. The molecule has 0 saturated carbocycles. The topological polar surface area (TPSA) is 69.0 Å². The summed E-state index contributed by atoms with van der Waals surface area (Å²) in [4.78, 5) is 12.3. The molecule has 1 N–H and O–H groups in total. The number of hydrogen-bond acceptors (Lipinski definition) is 5. The number of nitrogens with one attached hydrogen (secondary N) is 1. The lowest BCUT2D eigenvalue weighted by Gasteiger charge is -2.10. The highest BCUT2D eigenvalue weighted by Gasteiger charge is 2.15. The molecule has 2 aromatic carbocycles. The van der Waals surface area contributed by atoms with Crippen molar-refractivity contribution < 1.29 is 9.53 Å². The van der Waals surface area contributed by atoms with Crippen LogP contribution in [0, 0.1) is 13.8 Å². The Bertz CT molecular complexity index is 986. The molecule has 152 valence electrons. The first kappa shape index (κ1) is 21.2. The molecule has 0 aliphatic rings. The minimum absolute atomic E-state index is 0.0957. The van der Waals surface area contributed by atoms with Gasteiger partial charge in [-0.15, -0.1) is 10.2 Å². The van der Waals surface area contributed by atoms with Crippen molar-refractivity contribution in [3.63, 3.8) is 0 Å². The number of anilines is 1. The number of benzene rings is 2. The molecule has 1 amide bonds. The second kappa shape index (κ2) is 9.80. The van der Waals surface area contributed by atoms with Gasteiger partial charge in [-0.3, -0.25) is 14.7 Å². The average molecular weight is 431 g/mol. The van der Waals surface area contributed by atoms with Crippen LogP contribution < -0.4 is 10.1 Å². The summed E-state index contributed by atoms with van der Waals surface area (Å²) in [6, 6.07) is 13.6. The van der Waals surface area contributed by atoms with E-state index in [0.29, 0.717) is 24.0 Å². The standard InChI is InChI=1S/C21H23ClN4O2S/c1-4-26-20(23-19(27)12-28-17-10-14(2)9-15(3)11-17)24-25-21(26)29-13-16-7-5-6-8-18(16)22/h5-11H,4,12-13H2,1-3H3,(H,23,24,27). The molecule has 0 unspecified atom stereocenters. The summed E-state index contributed by atoms with van der Waals surface area (Å²) in [5.41, 5.74) is 3.20. The van der Waals surface area contributed by atoms with Gasteiger partial charge in [-0.25, -0.2) is 0 Å². The van der Waals surface area contributed by atoms with Crippen LogP contribution in [0.2, 0.25) is 5.02 Å². The van der Waals surface area contributed by atoms with Gasteiger partial charge >= 0.3 is 0 Å². The van der Waals surface area contributed by atoms with Gasteiger partial charge in [0.25, 0.3) is 5.91 Å². The van der Waals surface area contributed by atoms with E-state index in [1.54, 1.807) is 0 Å². The lowest BCUT2D eigenvalue weighted by atomic mass is 10.1. The van der Waals surface area contributed by atoms with Gasteiger partial charge in [-0.1, -0.05) is 47.6 Å². The summed E-state index contributed by atoms with van der Waals surface area (Å²) in [5, 5.41) is 12.5. The van der Waals surface area contributed by atoms with Crippen molar-refractivity contribution in [3.05, 3.63) is 64.2 Å². The van der Waals surface area contributed by atoms with Crippen molar-refractivity contribution in [2.75, 3.05) is 11.9 Å². The number of nitrogens with zero attached hydrogens (tertiary/aromatic N) is 3. The molecule has 0 aliphatic heterocycles. The van der Waals surface area contributed by atoms with Crippen LogP contribution in [0.4, 0.5) is 5.95 Å². The van der Waals surface area contributed by atoms with E-state index in [0.717, 1.165) is 26.9 Å². The Kier molecular flexibility index (Phi) is 7.17. The number of aromatic nitrogens is 3. The summed E-state index contributed by atoms with van der Waals surface area (Å²) >= 11 is 7.74. The smallest absolute Gasteiger partial charge is 0.264 e. The van der Waals surface area contributed by atoms with Gasteiger partial charge in [0.1, 0.15) is 5.75 Å². The zero-order chi connectivity index (χ0) is 20.8. The fourth-order valence-electron chi connectivity index (χ4n) is 2.86. The lowest BCUT2D eigenvalue weighted by Crippen LogP contribution is -2.22. The van der Waals surface area contributed by atoms with Gasteiger partial charge < -0.3 is 4.74 Å². The van der Waals surface area contributed by atoms with E-state index in [4.69, 9.17) is 16.3 Å². The number of amides is 1. The van der Waals surface area contributed by atoms with E-state index in [9.17, 15) is 4.79 Å². The quantitative estimate of drug-likeness (QED) is 0.516. The molecule has 29 heavy (non-hydrogen) atoms. The third-order valence-electron chi connectivity index (χ3n) is 4.16. The fourth-order valence-corrected chi connectivity index (χ4v) is 4.14. The van der Waals surface area contributed by atoms with Crippen LogP contribution in [-0.4, -0.2) is 27.3 Å². The molecule has 1 aromatic heterocycles. The summed E-state index contributed by atoms with van der Waals surface area (Å²) in [6.07, 6.45) is 0. The van der Waals surface area contributed by atoms with Crippen LogP contribution in [0.1, 0.15) is 23.6 Å². The van der Waals surface area contributed by atoms with Gasteiger partial charge in [0, 0.05) is 17.3 Å². The molecular formula is C21H23ClN4O2S. The van der Waals surface area contributed by atoms with Gasteiger partial charge in [0.15, 0.2) is 11.8 Å². The maximum Gasteiger partial charge on any atom is 0.264 e. The van der Waals surface area contributed by atoms with E-state index >= 15 is 0 Å². The molecule has 8 heteroatoms. The number of hydrogen-bond donors (Lipinski definition) is 1. The first-order valence-electron chi connectivity index (χ1n) is 9.26. The van der Waals surface area contributed by atoms with E-state index in [2.05, 4.69) is 21.6 Å². The Morgan fingerprint density at radius 1 is 1.17 bits per heavy atom. The number of ether oxygens (including phenoxy) is 1. The van der Waals surface area contributed by atoms with Crippen LogP contribution in [0.25, 0.3) is 0 Å². The zero-order valence-corrected chi connectivity index (χ0v) is 18.2.